The second-order valence-electron chi connectivity index (χ2n) is 6.43. The van der Waals surface area contributed by atoms with Crippen LogP contribution in [0.3, 0.4) is 0 Å². The lowest BCUT2D eigenvalue weighted by Gasteiger charge is -2.21. The zero-order chi connectivity index (χ0) is 17.6. The number of nitrogens with two attached hydrogens (primary N) is 1. The van der Waals surface area contributed by atoms with Crippen molar-refractivity contribution >= 4 is 17.6 Å². The summed E-state index contributed by atoms with van der Waals surface area (Å²) in [5.74, 6) is 1.87. The van der Waals surface area contributed by atoms with Crippen LogP contribution >= 0.6 is 11.6 Å². The van der Waals surface area contributed by atoms with E-state index in [0.29, 0.717) is 42.5 Å². The monoisotopic (exact) mass is 366 g/mol. The molecule has 1 fully saturated rings. The van der Waals surface area contributed by atoms with Crippen LogP contribution < -0.4 is 20.5 Å². The molecule has 138 valence electrons. The van der Waals surface area contributed by atoms with E-state index in [9.17, 15) is 0 Å². The van der Waals surface area contributed by atoms with Gasteiger partial charge >= 0.3 is 0 Å². The van der Waals surface area contributed by atoms with Crippen LogP contribution in [-0.2, 0) is 6.42 Å². The number of aliphatic imine (C=N–C) groups is 1. The number of fused-ring (bicyclic) bond motifs is 1. The number of hydrogen-bond acceptors (Lipinski definition) is 4. The Labute approximate surface area is 154 Å². The molecule has 7 heteroatoms. The molecule has 2 heterocycles. The zero-order valence-electron chi connectivity index (χ0n) is 14.8. The van der Waals surface area contributed by atoms with Crippen molar-refractivity contribution in [3.63, 3.8) is 0 Å². The molecule has 2 aliphatic heterocycles. The van der Waals surface area contributed by atoms with E-state index in [1.807, 2.05) is 12.1 Å². The minimum absolute atomic E-state index is 0.506. The van der Waals surface area contributed by atoms with E-state index in [-0.39, 0.29) is 0 Å². The molecule has 1 saturated heterocycles. The molecular formula is C18H27ClN4O2. The molecule has 1 aromatic rings. The Morgan fingerprint density at radius 1 is 1.40 bits per heavy atom. The molecule has 3 N–H and O–H groups in total. The number of benzene rings is 1. The van der Waals surface area contributed by atoms with Crippen LogP contribution in [0.2, 0.25) is 5.02 Å². The number of hydrogen-bond donors (Lipinski definition) is 2. The van der Waals surface area contributed by atoms with Gasteiger partial charge in [-0.15, -0.1) is 0 Å². The zero-order valence-corrected chi connectivity index (χ0v) is 15.5. The quantitative estimate of drug-likeness (QED) is 0.595. The van der Waals surface area contributed by atoms with Crippen LogP contribution in [0.25, 0.3) is 0 Å². The Hall–Kier alpha value is -1.66. The van der Waals surface area contributed by atoms with Gasteiger partial charge in [0, 0.05) is 12.6 Å². The van der Waals surface area contributed by atoms with E-state index < -0.39 is 0 Å². The Bertz CT molecular complexity index is 623. The van der Waals surface area contributed by atoms with Crippen LogP contribution in [0.1, 0.15) is 25.3 Å². The van der Waals surface area contributed by atoms with Crippen LogP contribution in [0.4, 0.5) is 0 Å². The molecule has 0 radical (unpaired) electrons. The van der Waals surface area contributed by atoms with Crippen LogP contribution in [-0.4, -0.2) is 56.3 Å². The third kappa shape index (κ3) is 4.70. The lowest BCUT2D eigenvalue weighted by molar-refractivity contribution is 0.171. The maximum Gasteiger partial charge on any atom is 0.188 e. The standard InChI is InChI=1S/C18H27ClN4O2/c1-2-23-7-3-4-14(23)12-22-18(20)21-6-5-13-10-15(19)17-16(11-13)24-8-9-25-17/h10-11,14H,2-9,12H2,1H3,(H3,20,21,22). The van der Waals surface area contributed by atoms with Crippen LogP contribution in [0.5, 0.6) is 11.5 Å². The number of rotatable bonds is 6. The first-order valence-electron chi connectivity index (χ1n) is 9.03. The SMILES string of the molecule is CCN1CCCC1CN=C(N)NCCc1cc(Cl)c2c(c1)OCCO2. The number of likely N-dealkylation sites (tertiary alicyclic amines) is 1. The summed E-state index contributed by atoms with van der Waals surface area (Å²) in [7, 11) is 0. The predicted octanol–water partition coefficient (Wildman–Crippen LogP) is 2.04. The van der Waals surface area contributed by atoms with Crippen LogP contribution in [0.15, 0.2) is 17.1 Å². The average Bonchev–Trinajstić information content (AvgIpc) is 3.07. The summed E-state index contributed by atoms with van der Waals surface area (Å²) in [6, 6.07) is 4.43. The molecule has 25 heavy (non-hydrogen) atoms. The molecule has 6 nitrogen and oxygen atoms in total. The molecule has 0 aliphatic carbocycles. The average molecular weight is 367 g/mol. The minimum Gasteiger partial charge on any atom is -0.486 e. The van der Waals surface area contributed by atoms with Gasteiger partial charge in [0.25, 0.3) is 0 Å². The Morgan fingerprint density at radius 2 is 2.24 bits per heavy atom. The first-order chi connectivity index (χ1) is 12.2. The van der Waals surface area contributed by atoms with Gasteiger partial charge in [-0.25, -0.2) is 0 Å². The fraction of sp³-hybridized carbons (Fsp3) is 0.611. The second kappa shape index (κ2) is 8.63. The van der Waals surface area contributed by atoms with Gasteiger partial charge in [-0.2, -0.15) is 0 Å². The predicted molar refractivity (Wildman–Crippen MR) is 101 cm³/mol. The van der Waals surface area contributed by atoms with Gasteiger partial charge in [-0.1, -0.05) is 18.5 Å². The largest absolute Gasteiger partial charge is 0.486 e. The molecule has 0 bridgehead atoms. The molecule has 1 unspecified atom stereocenters. The Balaban J connectivity index is 1.47. The number of halogens is 1. The van der Waals surface area contributed by atoms with Crippen molar-refractivity contribution in [1.29, 1.82) is 0 Å². The van der Waals surface area contributed by atoms with Gasteiger partial charge in [-0.05, 0) is 50.0 Å². The number of nitrogens with zero attached hydrogens (tertiary/aromatic N) is 2. The van der Waals surface area contributed by atoms with Gasteiger partial charge in [-0.3, -0.25) is 9.89 Å². The van der Waals surface area contributed by atoms with E-state index in [2.05, 4.69) is 22.1 Å². The highest BCUT2D eigenvalue weighted by Gasteiger charge is 2.22. The summed E-state index contributed by atoms with van der Waals surface area (Å²) in [5.41, 5.74) is 7.08. The highest BCUT2D eigenvalue weighted by atomic mass is 35.5. The van der Waals surface area contributed by atoms with Crippen LogP contribution in [0, 0.1) is 0 Å². The van der Waals surface area contributed by atoms with Gasteiger partial charge in [0.15, 0.2) is 17.5 Å². The van der Waals surface area contributed by atoms with Gasteiger partial charge in [0.05, 0.1) is 11.6 Å². The maximum absolute atomic E-state index is 6.26. The maximum atomic E-state index is 6.26. The van der Waals surface area contributed by atoms with Crippen molar-refractivity contribution in [3.05, 3.63) is 22.7 Å². The molecule has 0 saturated carbocycles. The molecule has 0 aromatic heterocycles. The molecule has 1 atom stereocenters. The van der Waals surface area contributed by atoms with Gasteiger partial charge in [0.1, 0.15) is 13.2 Å². The van der Waals surface area contributed by atoms with Crippen molar-refractivity contribution in [2.45, 2.75) is 32.2 Å². The normalized spacial score (nSPS) is 20.7. The lowest BCUT2D eigenvalue weighted by Crippen LogP contribution is -2.36. The first kappa shape index (κ1) is 18.1. The third-order valence-electron chi connectivity index (χ3n) is 4.75. The van der Waals surface area contributed by atoms with Crippen molar-refractivity contribution in [2.75, 3.05) is 39.4 Å². The second-order valence-corrected chi connectivity index (χ2v) is 6.84. The summed E-state index contributed by atoms with van der Waals surface area (Å²) in [4.78, 5) is 6.96. The summed E-state index contributed by atoms with van der Waals surface area (Å²) >= 11 is 6.26. The minimum atomic E-state index is 0.506. The lowest BCUT2D eigenvalue weighted by atomic mass is 10.1. The Kier molecular flexibility index (Phi) is 6.26. The Morgan fingerprint density at radius 3 is 3.08 bits per heavy atom. The third-order valence-corrected chi connectivity index (χ3v) is 5.03. The number of guanidine groups is 1. The van der Waals surface area contributed by atoms with Crippen molar-refractivity contribution in [1.82, 2.24) is 10.2 Å². The summed E-state index contributed by atoms with van der Waals surface area (Å²) in [5, 5.41) is 3.77. The van der Waals surface area contributed by atoms with E-state index >= 15 is 0 Å². The molecule has 0 amide bonds. The highest BCUT2D eigenvalue weighted by molar-refractivity contribution is 6.32. The van der Waals surface area contributed by atoms with E-state index in [0.717, 1.165) is 30.8 Å². The molecule has 3 rings (SSSR count). The van der Waals surface area contributed by atoms with Gasteiger partial charge < -0.3 is 20.5 Å². The van der Waals surface area contributed by atoms with E-state index in [1.54, 1.807) is 0 Å². The number of likely N-dealkylation sites (N-methyl/N-ethyl adjacent to an activating group) is 1. The molecule has 1 aromatic carbocycles. The first-order valence-corrected chi connectivity index (χ1v) is 9.41. The summed E-state index contributed by atoms with van der Waals surface area (Å²) in [6.07, 6.45) is 3.25. The fourth-order valence-electron chi connectivity index (χ4n) is 3.42. The van der Waals surface area contributed by atoms with E-state index in [4.69, 9.17) is 26.8 Å². The van der Waals surface area contributed by atoms with Crippen molar-refractivity contribution < 1.29 is 9.47 Å². The van der Waals surface area contributed by atoms with Crippen molar-refractivity contribution in [2.24, 2.45) is 10.7 Å². The summed E-state index contributed by atoms with van der Waals surface area (Å²) in [6.45, 7) is 7.02. The highest BCUT2D eigenvalue weighted by Crippen LogP contribution is 2.38. The van der Waals surface area contributed by atoms with Crippen molar-refractivity contribution in [3.8, 4) is 11.5 Å². The van der Waals surface area contributed by atoms with E-state index in [1.165, 1.54) is 19.4 Å². The smallest absolute Gasteiger partial charge is 0.188 e. The molecular weight excluding hydrogens is 340 g/mol. The summed E-state index contributed by atoms with van der Waals surface area (Å²) < 4.78 is 11.1. The number of ether oxygens (including phenoxy) is 2. The molecule has 0 spiro atoms. The number of nitrogens with one attached hydrogen (secondary N) is 1. The van der Waals surface area contributed by atoms with Gasteiger partial charge in [0.2, 0.25) is 0 Å². The fourth-order valence-corrected chi connectivity index (χ4v) is 3.71. The molecule has 2 aliphatic rings. The topological polar surface area (TPSA) is 72.1 Å².